The third-order valence-corrected chi connectivity index (χ3v) is 4.04. The molecule has 118 valence electrons. The van der Waals surface area contributed by atoms with Crippen LogP contribution in [0.3, 0.4) is 0 Å². The Bertz CT molecular complexity index is 497. The van der Waals surface area contributed by atoms with Gasteiger partial charge in [0.2, 0.25) is 0 Å². The second-order valence-electron chi connectivity index (χ2n) is 6.93. The summed E-state index contributed by atoms with van der Waals surface area (Å²) >= 11 is 0. The highest BCUT2D eigenvalue weighted by Gasteiger charge is 2.33. The van der Waals surface area contributed by atoms with E-state index in [0.717, 1.165) is 37.8 Å². The number of aromatic nitrogens is 1. The Balaban J connectivity index is 2.40. The van der Waals surface area contributed by atoms with Crippen LogP contribution in [0.1, 0.15) is 44.5 Å². The summed E-state index contributed by atoms with van der Waals surface area (Å²) < 4.78 is 5.65. The van der Waals surface area contributed by atoms with Crippen molar-refractivity contribution in [3.63, 3.8) is 0 Å². The molecule has 0 radical (unpaired) electrons. The fraction of sp³-hybridized carbons (Fsp3) is 0.706. The molecule has 0 aliphatic carbocycles. The first-order valence-corrected chi connectivity index (χ1v) is 7.87. The molecule has 1 aromatic heterocycles. The number of hydrogen-bond donors (Lipinski definition) is 1. The van der Waals surface area contributed by atoms with E-state index in [1.54, 1.807) is 0 Å². The molecule has 0 spiro atoms. The molecule has 2 rings (SSSR count). The molecule has 0 atom stereocenters. The van der Waals surface area contributed by atoms with Crippen molar-refractivity contribution >= 4 is 5.82 Å². The summed E-state index contributed by atoms with van der Waals surface area (Å²) in [5, 5.41) is 3.53. The molecule has 1 saturated heterocycles. The Morgan fingerprint density at radius 2 is 2.10 bits per heavy atom. The maximum absolute atomic E-state index is 5.65. The lowest BCUT2D eigenvalue weighted by atomic mass is 10.00. The van der Waals surface area contributed by atoms with Crippen LogP contribution >= 0.6 is 0 Å². The van der Waals surface area contributed by atoms with E-state index in [1.165, 1.54) is 11.1 Å². The second-order valence-corrected chi connectivity index (χ2v) is 6.93. The minimum Gasteiger partial charge on any atom is -0.377 e. The van der Waals surface area contributed by atoms with Gasteiger partial charge in [-0.25, -0.2) is 4.98 Å². The van der Waals surface area contributed by atoms with Gasteiger partial charge >= 0.3 is 0 Å². The van der Waals surface area contributed by atoms with Crippen LogP contribution in [0.2, 0.25) is 0 Å². The molecule has 2 heterocycles. The van der Waals surface area contributed by atoms with Gasteiger partial charge in [-0.3, -0.25) is 0 Å². The van der Waals surface area contributed by atoms with Crippen molar-refractivity contribution in [2.24, 2.45) is 0 Å². The summed E-state index contributed by atoms with van der Waals surface area (Å²) in [7, 11) is 0. The van der Waals surface area contributed by atoms with E-state index in [0.29, 0.717) is 6.04 Å². The predicted octanol–water partition coefficient (Wildman–Crippen LogP) is 2.81. The van der Waals surface area contributed by atoms with Gasteiger partial charge in [-0.15, -0.1) is 0 Å². The van der Waals surface area contributed by atoms with Gasteiger partial charge in [0, 0.05) is 30.4 Å². The molecular formula is C17H29N3O. The van der Waals surface area contributed by atoms with Crippen LogP contribution in [-0.4, -0.2) is 36.3 Å². The normalized spacial score (nSPS) is 18.3. The van der Waals surface area contributed by atoms with E-state index in [-0.39, 0.29) is 5.54 Å². The van der Waals surface area contributed by atoms with Crippen LogP contribution in [-0.2, 0) is 11.3 Å². The molecule has 4 heteroatoms. The quantitative estimate of drug-likeness (QED) is 0.925. The number of aryl methyl sites for hydroxylation is 2. The standard InChI is InChI=1S/C17H29N3O/c1-12(2)18-10-15-13(3)9-14(4)19-16(15)20-7-8-21-11-17(20,5)6/h9,12,18H,7-8,10-11H2,1-6H3. The second kappa shape index (κ2) is 6.32. The largest absolute Gasteiger partial charge is 0.377 e. The number of hydrogen-bond acceptors (Lipinski definition) is 4. The smallest absolute Gasteiger partial charge is 0.134 e. The SMILES string of the molecule is Cc1cc(C)c(CNC(C)C)c(N2CCOCC2(C)C)n1. The van der Waals surface area contributed by atoms with Crippen molar-refractivity contribution in [2.45, 2.75) is 59.7 Å². The lowest BCUT2D eigenvalue weighted by Gasteiger charge is -2.44. The van der Waals surface area contributed by atoms with Gasteiger partial charge in [-0.2, -0.15) is 0 Å². The number of anilines is 1. The van der Waals surface area contributed by atoms with Crippen LogP contribution in [0.4, 0.5) is 5.82 Å². The van der Waals surface area contributed by atoms with Crippen LogP contribution in [0, 0.1) is 13.8 Å². The first-order valence-electron chi connectivity index (χ1n) is 7.87. The topological polar surface area (TPSA) is 37.4 Å². The highest BCUT2D eigenvalue weighted by Crippen LogP contribution is 2.30. The minimum atomic E-state index is -0.0158. The molecule has 4 nitrogen and oxygen atoms in total. The lowest BCUT2D eigenvalue weighted by Crippen LogP contribution is -2.54. The van der Waals surface area contributed by atoms with Crippen LogP contribution in [0.5, 0.6) is 0 Å². The van der Waals surface area contributed by atoms with Gasteiger partial charge in [-0.1, -0.05) is 13.8 Å². The first kappa shape index (κ1) is 16.2. The molecule has 0 saturated carbocycles. The van der Waals surface area contributed by atoms with Crippen molar-refractivity contribution in [3.8, 4) is 0 Å². The number of pyridine rings is 1. The zero-order valence-corrected chi connectivity index (χ0v) is 14.3. The van der Waals surface area contributed by atoms with E-state index in [4.69, 9.17) is 9.72 Å². The summed E-state index contributed by atoms with van der Waals surface area (Å²) in [5.41, 5.74) is 3.69. The molecular weight excluding hydrogens is 262 g/mol. The molecule has 1 N–H and O–H groups in total. The van der Waals surface area contributed by atoms with Crippen molar-refractivity contribution in [2.75, 3.05) is 24.7 Å². The Labute approximate surface area is 128 Å². The van der Waals surface area contributed by atoms with E-state index < -0.39 is 0 Å². The van der Waals surface area contributed by atoms with Crippen molar-refractivity contribution in [3.05, 3.63) is 22.9 Å². The molecule has 1 aliphatic heterocycles. The molecule has 0 aromatic carbocycles. The third-order valence-electron chi connectivity index (χ3n) is 4.04. The number of ether oxygens (including phenoxy) is 1. The Kier molecular flexibility index (Phi) is 4.89. The van der Waals surface area contributed by atoms with Crippen LogP contribution < -0.4 is 10.2 Å². The molecule has 1 aliphatic rings. The van der Waals surface area contributed by atoms with Crippen LogP contribution in [0.15, 0.2) is 6.07 Å². The lowest BCUT2D eigenvalue weighted by molar-refractivity contribution is 0.0637. The van der Waals surface area contributed by atoms with E-state index >= 15 is 0 Å². The maximum atomic E-state index is 5.65. The molecule has 0 unspecified atom stereocenters. The molecule has 1 fully saturated rings. The van der Waals surface area contributed by atoms with Gasteiger partial charge in [0.15, 0.2) is 0 Å². The average molecular weight is 291 g/mol. The summed E-state index contributed by atoms with van der Waals surface area (Å²) in [6, 6.07) is 2.64. The Morgan fingerprint density at radius 3 is 2.71 bits per heavy atom. The zero-order valence-electron chi connectivity index (χ0n) is 14.3. The monoisotopic (exact) mass is 291 g/mol. The fourth-order valence-corrected chi connectivity index (χ4v) is 2.84. The van der Waals surface area contributed by atoms with Crippen molar-refractivity contribution in [1.82, 2.24) is 10.3 Å². The fourth-order valence-electron chi connectivity index (χ4n) is 2.84. The molecule has 1 aromatic rings. The zero-order chi connectivity index (χ0) is 15.6. The summed E-state index contributed by atoms with van der Waals surface area (Å²) in [6.07, 6.45) is 0. The number of nitrogens with one attached hydrogen (secondary N) is 1. The summed E-state index contributed by atoms with van der Waals surface area (Å²) in [6.45, 7) is 16.3. The minimum absolute atomic E-state index is 0.0158. The van der Waals surface area contributed by atoms with E-state index in [2.05, 4.69) is 57.8 Å². The van der Waals surface area contributed by atoms with Gasteiger partial charge in [0.25, 0.3) is 0 Å². The summed E-state index contributed by atoms with van der Waals surface area (Å²) in [4.78, 5) is 7.27. The van der Waals surface area contributed by atoms with Crippen molar-refractivity contribution in [1.29, 1.82) is 0 Å². The van der Waals surface area contributed by atoms with Gasteiger partial charge < -0.3 is 15.0 Å². The van der Waals surface area contributed by atoms with Crippen LogP contribution in [0.25, 0.3) is 0 Å². The van der Waals surface area contributed by atoms with Gasteiger partial charge in [0.1, 0.15) is 5.82 Å². The van der Waals surface area contributed by atoms with Gasteiger partial charge in [-0.05, 0) is 39.3 Å². The van der Waals surface area contributed by atoms with E-state index in [9.17, 15) is 0 Å². The third kappa shape index (κ3) is 3.74. The molecule has 0 bridgehead atoms. The Hall–Kier alpha value is -1.13. The highest BCUT2D eigenvalue weighted by atomic mass is 16.5. The maximum Gasteiger partial charge on any atom is 0.134 e. The average Bonchev–Trinajstić information content (AvgIpc) is 2.36. The number of nitrogens with zero attached hydrogens (tertiary/aromatic N) is 2. The molecule has 21 heavy (non-hydrogen) atoms. The number of rotatable bonds is 4. The first-order chi connectivity index (χ1) is 9.81. The van der Waals surface area contributed by atoms with Gasteiger partial charge in [0.05, 0.1) is 18.8 Å². The predicted molar refractivity (Wildman–Crippen MR) is 87.9 cm³/mol. The number of morpholine rings is 1. The van der Waals surface area contributed by atoms with E-state index in [1.807, 2.05) is 0 Å². The Morgan fingerprint density at radius 1 is 1.38 bits per heavy atom. The summed E-state index contributed by atoms with van der Waals surface area (Å²) in [5.74, 6) is 1.12. The highest BCUT2D eigenvalue weighted by molar-refractivity contribution is 5.54. The van der Waals surface area contributed by atoms with Crippen molar-refractivity contribution < 1.29 is 4.74 Å². The molecule has 0 amide bonds.